The van der Waals surface area contributed by atoms with Crippen LogP contribution in [0.25, 0.3) is 5.78 Å². The molecule has 0 unspecified atom stereocenters. The van der Waals surface area contributed by atoms with Gasteiger partial charge in [0.1, 0.15) is 5.69 Å². The molecule has 8 heteroatoms. The summed E-state index contributed by atoms with van der Waals surface area (Å²) < 4.78 is 9.34. The van der Waals surface area contributed by atoms with Gasteiger partial charge in [-0.25, -0.2) is 9.97 Å². The van der Waals surface area contributed by atoms with Gasteiger partial charge in [0, 0.05) is 50.6 Å². The number of carbonyl (C=O) groups excluding carboxylic acids is 1. The van der Waals surface area contributed by atoms with Crippen molar-refractivity contribution in [1.29, 1.82) is 0 Å². The van der Waals surface area contributed by atoms with Crippen LogP contribution in [0.15, 0.2) is 24.7 Å². The molecule has 26 heavy (non-hydrogen) atoms. The lowest BCUT2D eigenvalue weighted by atomic mass is 9.99. The standard InChI is InChI=1S/C18H22N6O2/c1-11-9-14-15(12(2)26-11)22-23(3)16(14)17(25)19-7-5-13-10-24-8-4-6-20-18(24)21-13/h4,6,8,10-12H,5,7,9H2,1-3H3,(H,19,25)/t11-,12+/m1/s1. The molecule has 1 aliphatic heterocycles. The molecule has 8 nitrogen and oxygen atoms in total. The zero-order chi connectivity index (χ0) is 18.3. The van der Waals surface area contributed by atoms with Crippen LogP contribution in [0.5, 0.6) is 0 Å². The minimum atomic E-state index is -0.107. The van der Waals surface area contributed by atoms with Gasteiger partial charge in [-0.1, -0.05) is 0 Å². The van der Waals surface area contributed by atoms with Crippen molar-refractivity contribution in [2.24, 2.45) is 7.05 Å². The highest BCUT2D eigenvalue weighted by atomic mass is 16.5. The summed E-state index contributed by atoms with van der Waals surface area (Å²) in [6, 6.07) is 1.86. The van der Waals surface area contributed by atoms with E-state index in [0.29, 0.717) is 30.9 Å². The van der Waals surface area contributed by atoms with Crippen LogP contribution in [-0.4, -0.2) is 42.7 Å². The molecule has 1 amide bonds. The Morgan fingerprint density at radius 3 is 3.08 bits per heavy atom. The second-order valence-corrected chi connectivity index (χ2v) is 6.69. The number of hydrogen-bond acceptors (Lipinski definition) is 5. The first kappa shape index (κ1) is 16.7. The molecule has 136 valence electrons. The maximum atomic E-state index is 12.7. The lowest BCUT2D eigenvalue weighted by molar-refractivity contribution is -0.00709. The Morgan fingerprint density at radius 2 is 2.27 bits per heavy atom. The Hall–Kier alpha value is -2.74. The van der Waals surface area contributed by atoms with Crippen molar-refractivity contribution in [3.63, 3.8) is 0 Å². The molecule has 1 N–H and O–H groups in total. The van der Waals surface area contributed by atoms with Crippen LogP contribution < -0.4 is 5.32 Å². The predicted molar refractivity (Wildman–Crippen MR) is 94.9 cm³/mol. The van der Waals surface area contributed by atoms with Crippen LogP contribution in [0.1, 0.15) is 47.4 Å². The van der Waals surface area contributed by atoms with Crippen molar-refractivity contribution in [3.8, 4) is 0 Å². The summed E-state index contributed by atoms with van der Waals surface area (Å²) >= 11 is 0. The van der Waals surface area contributed by atoms with Crippen molar-refractivity contribution in [1.82, 2.24) is 29.5 Å². The second kappa shape index (κ2) is 6.53. The Balaban J connectivity index is 1.45. The summed E-state index contributed by atoms with van der Waals surface area (Å²) in [5, 5.41) is 7.48. The highest BCUT2D eigenvalue weighted by molar-refractivity contribution is 5.94. The number of aryl methyl sites for hydroxylation is 1. The van der Waals surface area contributed by atoms with Crippen LogP contribution in [0, 0.1) is 0 Å². The second-order valence-electron chi connectivity index (χ2n) is 6.69. The van der Waals surface area contributed by atoms with E-state index in [0.717, 1.165) is 17.0 Å². The lowest BCUT2D eigenvalue weighted by Crippen LogP contribution is -2.30. The molecule has 2 atom stereocenters. The van der Waals surface area contributed by atoms with E-state index in [-0.39, 0.29) is 18.1 Å². The fraction of sp³-hybridized carbons (Fsp3) is 0.444. The predicted octanol–water partition coefficient (Wildman–Crippen LogP) is 1.46. The average Bonchev–Trinajstić information content (AvgIpc) is 3.15. The van der Waals surface area contributed by atoms with Crippen molar-refractivity contribution >= 4 is 11.7 Å². The minimum absolute atomic E-state index is 0.0822. The van der Waals surface area contributed by atoms with Gasteiger partial charge in [0.2, 0.25) is 5.78 Å². The van der Waals surface area contributed by atoms with Gasteiger partial charge in [-0.2, -0.15) is 5.10 Å². The number of ether oxygens (including phenoxy) is 1. The van der Waals surface area contributed by atoms with E-state index in [1.165, 1.54) is 0 Å². The third kappa shape index (κ3) is 2.96. The van der Waals surface area contributed by atoms with Crippen molar-refractivity contribution in [2.45, 2.75) is 38.9 Å². The Bertz CT molecular complexity index is 927. The number of imidazole rings is 1. The molecule has 0 aliphatic carbocycles. The number of aromatic nitrogens is 5. The minimum Gasteiger partial charge on any atom is -0.369 e. The molecule has 0 aromatic carbocycles. The third-order valence-electron chi connectivity index (χ3n) is 4.66. The number of rotatable bonds is 4. The highest BCUT2D eigenvalue weighted by Crippen LogP contribution is 2.31. The van der Waals surface area contributed by atoms with Crippen LogP contribution in [0.3, 0.4) is 0 Å². The Kier molecular flexibility index (Phi) is 4.20. The highest BCUT2D eigenvalue weighted by Gasteiger charge is 2.31. The molecule has 4 rings (SSSR count). The maximum Gasteiger partial charge on any atom is 0.269 e. The largest absolute Gasteiger partial charge is 0.369 e. The lowest BCUT2D eigenvalue weighted by Gasteiger charge is -2.24. The van der Waals surface area contributed by atoms with Gasteiger partial charge >= 0.3 is 0 Å². The number of carbonyl (C=O) groups is 1. The number of fused-ring (bicyclic) bond motifs is 2. The number of nitrogens with one attached hydrogen (secondary N) is 1. The number of nitrogens with zero attached hydrogens (tertiary/aromatic N) is 5. The molecule has 0 saturated carbocycles. The average molecular weight is 354 g/mol. The van der Waals surface area contributed by atoms with Gasteiger partial charge in [0.05, 0.1) is 23.6 Å². The monoisotopic (exact) mass is 354 g/mol. The van der Waals surface area contributed by atoms with Gasteiger partial charge in [-0.05, 0) is 19.9 Å². The van der Waals surface area contributed by atoms with Gasteiger partial charge < -0.3 is 10.1 Å². The van der Waals surface area contributed by atoms with Crippen LogP contribution >= 0.6 is 0 Å². The first-order valence-corrected chi connectivity index (χ1v) is 8.81. The van der Waals surface area contributed by atoms with E-state index in [2.05, 4.69) is 20.4 Å². The summed E-state index contributed by atoms with van der Waals surface area (Å²) in [6.45, 7) is 4.50. The van der Waals surface area contributed by atoms with E-state index in [4.69, 9.17) is 4.74 Å². The van der Waals surface area contributed by atoms with Gasteiger partial charge in [-0.15, -0.1) is 0 Å². The van der Waals surface area contributed by atoms with Crippen LogP contribution in [-0.2, 0) is 24.6 Å². The maximum absolute atomic E-state index is 12.7. The zero-order valence-corrected chi connectivity index (χ0v) is 15.1. The molecular weight excluding hydrogens is 332 g/mol. The summed E-state index contributed by atoms with van der Waals surface area (Å²) in [6.07, 6.45) is 6.89. The SMILES string of the molecule is C[C@@H]1Cc2c(nn(C)c2C(=O)NCCc2cn3cccnc3n2)[C@H](C)O1. The number of amides is 1. The Labute approximate surface area is 151 Å². The van der Waals surface area contributed by atoms with E-state index in [1.807, 2.05) is 36.7 Å². The first-order chi connectivity index (χ1) is 12.5. The zero-order valence-electron chi connectivity index (χ0n) is 15.1. The van der Waals surface area contributed by atoms with Gasteiger partial charge in [0.25, 0.3) is 5.91 Å². The summed E-state index contributed by atoms with van der Waals surface area (Å²) in [7, 11) is 1.80. The van der Waals surface area contributed by atoms with Crippen LogP contribution in [0.2, 0.25) is 0 Å². The van der Waals surface area contributed by atoms with Crippen molar-refractivity contribution < 1.29 is 9.53 Å². The molecular formula is C18H22N6O2. The molecule has 0 spiro atoms. The van der Waals surface area contributed by atoms with E-state index < -0.39 is 0 Å². The third-order valence-corrected chi connectivity index (χ3v) is 4.66. The summed E-state index contributed by atoms with van der Waals surface area (Å²) in [5.74, 6) is 0.557. The van der Waals surface area contributed by atoms with Gasteiger partial charge in [0.15, 0.2) is 0 Å². The molecule has 0 saturated heterocycles. The van der Waals surface area contributed by atoms with Crippen molar-refractivity contribution in [3.05, 3.63) is 47.3 Å². The number of hydrogen-bond donors (Lipinski definition) is 1. The normalized spacial score (nSPS) is 19.5. The summed E-state index contributed by atoms with van der Waals surface area (Å²) in [5.41, 5.74) is 3.38. The first-order valence-electron chi connectivity index (χ1n) is 8.81. The van der Waals surface area contributed by atoms with Crippen LogP contribution in [0.4, 0.5) is 0 Å². The fourth-order valence-corrected chi connectivity index (χ4v) is 3.54. The smallest absolute Gasteiger partial charge is 0.269 e. The van der Waals surface area contributed by atoms with E-state index in [9.17, 15) is 4.79 Å². The molecule has 1 aliphatic rings. The molecule has 0 fully saturated rings. The molecule has 3 aromatic heterocycles. The molecule has 0 bridgehead atoms. The van der Waals surface area contributed by atoms with Crippen molar-refractivity contribution in [2.75, 3.05) is 6.54 Å². The molecule has 3 aromatic rings. The van der Waals surface area contributed by atoms with E-state index in [1.54, 1.807) is 17.9 Å². The fourth-order valence-electron chi connectivity index (χ4n) is 3.54. The topological polar surface area (TPSA) is 86.3 Å². The molecule has 4 heterocycles. The Morgan fingerprint density at radius 1 is 1.42 bits per heavy atom. The van der Waals surface area contributed by atoms with Gasteiger partial charge in [-0.3, -0.25) is 13.9 Å². The quantitative estimate of drug-likeness (QED) is 0.766. The molecule has 0 radical (unpaired) electrons. The summed E-state index contributed by atoms with van der Waals surface area (Å²) in [4.78, 5) is 21.4. The van der Waals surface area contributed by atoms with E-state index >= 15 is 0 Å².